The van der Waals surface area contributed by atoms with Gasteiger partial charge in [-0.25, -0.2) is 4.79 Å². The number of hydrogen-bond donors (Lipinski definition) is 2. The molecule has 7 heteroatoms. The van der Waals surface area contributed by atoms with E-state index in [2.05, 4.69) is 10.3 Å². The van der Waals surface area contributed by atoms with Gasteiger partial charge in [-0.05, 0) is 64.5 Å². The third kappa shape index (κ3) is 5.08. The first-order valence-electron chi connectivity index (χ1n) is 9.98. The minimum absolute atomic E-state index is 0.236. The number of anilines is 1. The maximum atomic E-state index is 12.7. The molecular weight excluding hydrogens is 422 g/mol. The van der Waals surface area contributed by atoms with Gasteiger partial charge in [0.05, 0.1) is 5.56 Å². The predicted molar refractivity (Wildman–Crippen MR) is 125 cm³/mol. The number of thiophene rings is 1. The van der Waals surface area contributed by atoms with Crippen LogP contribution in [0.25, 0.3) is 11.1 Å². The fourth-order valence-electron chi connectivity index (χ4n) is 3.23. The number of rotatable bonds is 7. The van der Waals surface area contributed by atoms with Gasteiger partial charge in [0, 0.05) is 35.1 Å². The van der Waals surface area contributed by atoms with Gasteiger partial charge < -0.3 is 15.8 Å². The number of ether oxygens (including phenoxy) is 1. The number of nitrogens with zero attached hydrogens (tertiary/aromatic N) is 1. The number of amides is 1. The molecule has 4 rings (SSSR count). The Kier molecular flexibility index (Phi) is 6.69. The molecule has 0 aliphatic heterocycles. The van der Waals surface area contributed by atoms with E-state index in [0.717, 1.165) is 21.6 Å². The Balaban J connectivity index is 1.58. The minimum atomic E-state index is -0.402. The Bertz CT molecular complexity index is 1220. The molecule has 2 aromatic heterocycles. The second-order valence-corrected chi connectivity index (χ2v) is 8.03. The van der Waals surface area contributed by atoms with Crippen LogP contribution >= 0.6 is 11.3 Å². The first kappa shape index (κ1) is 21.4. The van der Waals surface area contributed by atoms with Crippen molar-refractivity contribution in [1.82, 2.24) is 4.98 Å². The molecule has 0 aliphatic carbocycles. The second kappa shape index (κ2) is 10.00. The van der Waals surface area contributed by atoms with Gasteiger partial charge in [-0.15, -0.1) is 11.3 Å². The number of benzene rings is 2. The van der Waals surface area contributed by atoms with Crippen LogP contribution in [0.15, 0.2) is 84.5 Å². The van der Waals surface area contributed by atoms with Gasteiger partial charge in [-0.3, -0.25) is 9.78 Å². The Hall–Kier alpha value is -3.81. The average Bonchev–Trinajstić information content (AvgIpc) is 3.36. The highest BCUT2D eigenvalue weighted by Gasteiger charge is 2.14. The lowest BCUT2D eigenvalue weighted by atomic mass is 9.95. The molecule has 0 unspecified atom stereocenters. The number of nitrogens with two attached hydrogens (primary N) is 1. The van der Waals surface area contributed by atoms with Crippen LogP contribution in [0.4, 0.5) is 5.69 Å². The van der Waals surface area contributed by atoms with Crippen molar-refractivity contribution < 1.29 is 14.3 Å². The third-order valence-electron chi connectivity index (χ3n) is 4.87. The lowest BCUT2D eigenvalue weighted by Gasteiger charge is -2.12. The second-order valence-electron chi connectivity index (χ2n) is 7.00. The topological polar surface area (TPSA) is 94.3 Å². The number of hydrogen-bond acceptors (Lipinski definition) is 6. The van der Waals surface area contributed by atoms with Crippen LogP contribution in [0.3, 0.4) is 0 Å². The fraction of sp³-hybridized carbons (Fsp3) is 0.0800. The summed E-state index contributed by atoms with van der Waals surface area (Å²) in [6.45, 7) is 0.536. The third-order valence-corrected chi connectivity index (χ3v) is 5.71. The van der Waals surface area contributed by atoms with Gasteiger partial charge in [-0.2, -0.15) is 0 Å². The van der Waals surface area contributed by atoms with Crippen LogP contribution < -0.4 is 11.1 Å². The largest absolute Gasteiger partial charge is 0.456 e. The summed E-state index contributed by atoms with van der Waals surface area (Å²) < 4.78 is 5.43. The highest BCUT2D eigenvalue weighted by molar-refractivity contribution is 7.09. The first-order chi connectivity index (χ1) is 15.6. The zero-order valence-corrected chi connectivity index (χ0v) is 18.0. The normalized spacial score (nSPS) is 10.5. The van der Waals surface area contributed by atoms with Crippen molar-refractivity contribution >= 4 is 28.9 Å². The van der Waals surface area contributed by atoms with Crippen molar-refractivity contribution in [2.24, 2.45) is 5.73 Å². The molecule has 3 N–H and O–H groups in total. The van der Waals surface area contributed by atoms with Crippen molar-refractivity contribution in [3.63, 3.8) is 0 Å². The SMILES string of the molecule is NCc1ccc(C(=O)Nc2ccncc2)cc1-c1cccc(C(=O)OCc2cccs2)c1. The van der Waals surface area contributed by atoms with Gasteiger partial charge in [0.25, 0.3) is 5.91 Å². The number of carbonyl (C=O) groups excluding carboxylic acids is 2. The van der Waals surface area contributed by atoms with Crippen molar-refractivity contribution in [2.45, 2.75) is 13.2 Å². The quantitative estimate of drug-likeness (QED) is 0.397. The average molecular weight is 444 g/mol. The van der Waals surface area contributed by atoms with Crippen LogP contribution in [0.5, 0.6) is 0 Å². The molecule has 0 bridgehead atoms. The number of carbonyl (C=O) groups is 2. The standard InChI is InChI=1S/C25H21N3O3S/c26-15-20-7-6-18(24(29)28-21-8-10-27-11-9-21)14-23(20)17-3-1-4-19(13-17)25(30)31-16-22-5-2-12-32-22/h1-14H,15-16,26H2,(H,27,28,29). The molecule has 0 spiro atoms. The summed E-state index contributed by atoms with van der Waals surface area (Å²) in [6, 6.07) is 19.8. The van der Waals surface area contributed by atoms with E-state index in [-0.39, 0.29) is 12.5 Å². The number of aromatic nitrogens is 1. The zero-order chi connectivity index (χ0) is 22.3. The van der Waals surface area contributed by atoms with Crippen molar-refractivity contribution in [1.29, 1.82) is 0 Å². The van der Waals surface area contributed by atoms with Crippen LogP contribution in [0.1, 0.15) is 31.2 Å². The molecule has 0 radical (unpaired) electrons. The predicted octanol–water partition coefficient (Wildman–Crippen LogP) is 4.88. The van der Waals surface area contributed by atoms with Gasteiger partial charge in [0.15, 0.2) is 0 Å². The summed E-state index contributed by atoms with van der Waals surface area (Å²) in [5.41, 5.74) is 9.97. The minimum Gasteiger partial charge on any atom is -0.456 e. The van der Waals surface area contributed by atoms with E-state index in [1.165, 1.54) is 11.3 Å². The molecule has 0 saturated carbocycles. The lowest BCUT2D eigenvalue weighted by Crippen LogP contribution is -2.12. The van der Waals surface area contributed by atoms with Crippen molar-refractivity contribution in [3.05, 3.63) is 106 Å². The highest BCUT2D eigenvalue weighted by Crippen LogP contribution is 2.27. The summed E-state index contributed by atoms with van der Waals surface area (Å²) in [6.07, 6.45) is 3.23. The molecule has 0 saturated heterocycles. The monoisotopic (exact) mass is 443 g/mol. The van der Waals surface area contributed by atoms with Gasteiger partial charge in [0.2, 0.25) is 0 Å². The Morgan fingerprint density at radius 2 is 1.81 bits per heavy atom. The molecule has 160 valence electrons. The summed E-state index contributed by atoms with van der Waals surface area (Å²) in [4.78, 5) is 30.2. The van der Waals surface area contributed by atoms with E-state index >= 15 is 0 Å². The summed E-state index contributed by atoms with van der Waals surface area (Å²) in [5.74, 6) is -0.645. The Morgan fingerprint density at radius 3 is 2.56 bits per heavy atom. The number of esters is 1. The van der Waals surface area contributed by atoms with Crippen molar-refractivity contribution in [2.75, 3.05) is 5.32 Å². The zero-order valence-electron chi connectivity index (χ0n) is 17.2. The summed E-state index contributed by atoms with van der Waals surface area (Å²) in [5, 5.41) is 4.79. The molecule has 2 aromatic carbocycles. The molecule has 4 aromatic rings. The van der Waals surface area contributed by atoms with E-state index in [1.807, 2.05) is 29.6 Å². The molecule has 0 fully saturated rings. The molecule has 1 amide bonds. The molecular formula is C25H21N3O3S. The molecule has 2 heterocycles. The van der Waals surface area contributed by atoms with Crippen molar-refractivity contribution in [3.8, 4) is 11.1 Å². The van der Waals surface area contributed by atoms with E-state index < -0.39 is 5.97 Å². The first-order valence-corrected chi connectivity index (χ1v) is 10.9. The maximum Gasteiger partial charge on any atom is 0.338 e. The molecule has 6 nitrogen and oxygen atoms in total. The fourth-order valence-corrected chi connectivity index (χ4v) is 3.85. The Labute approximate surface area is 189 Å². The maximum absolute atomic E-state index is 12.7. The molecule has 0 atom stereocenters. The summed E-state index contributed by atoms with van der Waals surface area (Å²) >= 11 is 1.54. The van der Waals surface area contributed by atoms with Crippen LogP contribution in [-0.4, -0.2) is 16.9 Å². The smallest absolute Gasteiger partial charge is 0.338 e. The van der Waals surface area contributed by atoms with Gasteiger partial charge in [0.1, 0.15) is 6.61 Å². The number of nitrogens with one attached hydrogen (secondary N) is 1. The summed E-state index contributed by atoms with van der Waals surface area (Å²) in [7, 11) is 0. The Morgan fingerprint density at radius 1 is 0.969 bits per heavy atom. The van der Waals surface area contributed by atoms with Gasteiger partial charge >= 0.3 is 5.97 Å². The van der Waals surface area contributed by atoms with E-state index in [9.17, 15) is 9.59 Å². The van der Waals surface area contributed by atoms with E-state index in [4.69, 9.17) is 10.5 Å². The number of pyridine rings is 1. The van der Waals surface area contributed by atoms with Crippen LogP contribution in [-0.2, 0) is 17.9 Å². The molecule has 32 heavy (non-hydrogen) atoms. The highest BCUT2D eigenvalue weighted by atomic mass is 32.1. The lowest BCUT2D eigenvalue weighted by molar-refractivity contribution is 0.0476. The van der Waals surface area contributed by atoms with E-state index in [1.54, 1.807) is 54.9 Å². The molecule has 0 aliphatic rings. The van der Waals surface area contributed by atoms with E-state index in [0.29, 0.717) is 23.4 Å². The van der Waals surface area contributed by atoms with Gasteiger partial charge in [-0.1, -0.05) is 24.3 Å². The van der Waals surface area contributed by atoms with Crippen LogP contribution in [0, 0.1) is 0 Å². The van der Waals surface area contributed by atoms with Crippen LogP contribution in [0.2, 0.25) is 0 Å².